The number of nitrogens with zero attached hydrogens (tertiary/aromatic N) is 5. The average molecular weight is 344 g/mol. The van der Waals surface area contributed by atoms with Crippen LogP contribution in [-0.4, -0.2) is 63.6 Å². The second-order valence-corrected chi connectivity index (χ2v) is 6.68. The van der Waals surface area contributed by atoms with Crippen LogP contribution in [0.5, 0.6) is 0 Å². The average Bonchev–Trinajstić information content (AvgIpc) is 3.29. The minimum atomic E-state index is -0.270. The van der Waals surface area contributed by atoms with Crippen molar-refractivity contribution in [2.75, 3.05) is 43.1 Å². The molecule has 0 saturated carbocycles. The van der Waals surface area contributed by atoms with Crippen LogP contribution < -0.4 is 10.2 Å². The summed E-state index contributed by atoms with van der Waals surface area (Å²) in [4.78, 5) is 15.4. The van der Waals surface area contributed by atoms with Gasteiger partial charge in [-0.15, -0.1) is 0 Å². The lowest BCUT2D eigenvalue weighted by Crippen LogP contribution is -2.51. The fourth-order valence-corrected chi connectivity index (χ4v) is 3.18. The Morgan fingerprint density at radius 2 is 2.24 bits per heavy atom. The Hall–Kier alpha value is -2.19. The third-order valence-corrected chi connectivity index (χ3v) is 4.69. The van der Waals surface area contributed by atoms with Gasteiger partial charge in [-0.05, 0) is 12.8 Å². The molecule has 2 saturated heterocycles. The molecule has 0 spiro atoms. The van der Waals surface area contributed by atoms with E-state index in [4.69, 9.17) is 9.72 Å². The quantitative estimate of drug-likeness (QED) is 0.720. The van der Waals surface area contributed by atoms with E-state index in [0.29, 0.717) is 25.0 Å². The largest absolute Gasteiger partial charge is 0.389 e. The Labute approximate surface area is 146 Å². The predicted octanol–water partition coefficient (Wildman–Crippen LogP) is 0.860. The lowest BCUT2D eigenvalue weighted by Gasteiger charge is -2.36. The summed E-state index contributed by atoms with van der Waals surface area (Å²) in [7, 11) is 0. The molecule has 0 radical (unpaired) electrons. The Morgan fingerprint density at radius 1 is 1.32 bits per heavy atom. The number of aliphatic hydroxyl groups is 1. The highest BCUT2D eigenvalue weighted by Gasteiger charge is 2.28. The van der Waals surface area contributed by atoms with Gasteiger partial charge in [-0.2, -0.15) is 4.98 Å². The van der Waals surface area contributed by atoms with Crippen LogP contribution in [0.4, 0.5) is 11.8 Å². The molecule has 4 rings (SSSR count). The standard InChI is InChI=1S/C17H24N6O2/c24-14-9-23(10-14)17-20-15(13-2-7-25-11-13)8-16(21-17)19-3-1-5-22-6-4-18-12-22/h4,6,8,12-14,24H,1-3,5,7,9-11H2,(H,19,20,21)/t13-/m0/s1. The van der Waals surface area contributed by atoms with Crippen LogP contribution in [0.2, 0.25) is 0 Å². The van der Waals surface area contributed by atoms with Gasteiger partial charge >= 0.3 is 0 Å². The highest BCUT2D eigenvalue weighted by atomic mass is 16.5. The molecule has 0 amide bonds. The van der Waals surface area contributed by atoms with E-state index in [0.717, 1.165) is 50.7 Å². The van der Waals surface area contributed by atoms with E-state index in [1.54, 1.807) is 6.20 Å². The van der Waals surface area contributed by atoms with Crippen molar-refractivity contribution >= 4 is 11.8 Å². The van der Waals surface area contributed by atoms with E-state index in [1.807, 2.05) is 23.5 Å². The number of aryl methyl sites for hydroxylation is 1. The van der Waals surface area contributed by atoms with E-state index in [-0.39, 0.29) is 6.10 Å². The Kier molecular flexibility index (Phi) is 4.80. The van der Waals surface area contributed by atoms with Crippen molar-refractivity contribution in [3.05, 3.63) is 30.5 Å². The Bertz CT molecular complexity index is 680. The molecule has 25 heavy (non-hydrogen) atoms. The lowest BCUT2D eigenvalue weighted by atomic mass is 10.0. The molecular weight excluding hydrogens is 320 g/mol. The second-order valence-electron chi connectivity index (χ2n) is 6.68. The zero-order chi connectivity index (χ0) is 17.1. The molecule has 2 aromatic rings. The maximum atomic E-state index is 9.55. The van der Waals surface area contributed by atoms with Gasteiger partial charge in [-0.3, -0.25) is 0 Å². The zero-order valence-electron chi connectivity index (χ0n) is 14.2. The Morgan fingerprint density at radius 3 is 2.96 bits per heavy atom. The van der Waals surface area contributed by atoms with E-state index in [2.05, 4.69) is 19.9 Å². The number of aliphatic hydroxyl groups excluding tert-OH is 1. The highest BCUT2D eigenvalue weighted by Crippen LogP contribution is 2.28. The van der Waals surface area contributed by atoms with Gasteiger partial charge in [0.15, 0.2) is 0 Å². The fraction of sp³-hybridized carbons (Fsp3) is 0.588. The molecular formula is C17H24N6O2. The molecule has 1 atom stereocenters. The van der Waals surface area contributed by atoms with Crippen molar-refractivity contribution in [1.82, 2.24) is 19.5 Å². The zero-order valence-corrected chi connectivity index (χ0v) is 14.2. The van der Waals surface area contributed by atoms with Gasteiger partial charge in [0.1, 0.15) is 5.82 Å². The molecule has 0 bridgehead atoms. The van der Waals surface area contributed by atoms with Crippen LogP contribution in [0.15, 0.2) is 24.8 Å². The van der Waals surface area contributed by atoms with E-state index < -0.39 is 0 Å². The number of β-amino-alcohol motifs (C(OH)–C–C–N with tert-alkyl or cyclic N) is 1. The topological polar surface area (TPSA) is 88.3 Å². The normalized spacial score (nSPS) is 20.7. The van der Waals surface area contributed by atoms with Crippen molar-refractivity contribution < 1.29 is 9.84 Å². The number of hydrogen-bond acceptors (Lipinski definition) is 7. The van der Waals surface area contributed by atoms with E-state index in [1.165, 1.54) is 0 Å². The van der Waals surface area contributed by atoms with Gasteiger partial charge in [0.25, 0.3) is 0 Å². The summed E-state index contributed by atoms with van der Waals surface area (Å²) in [5.74, 6) is 1.88. The summed E-state index contributed by atoms with van der Waals surface area (Å²) >= 11 is 0. The minimum absolute atomic E-state index is 0.270. The third-order valence-electron chi connectivity index (χ3n) is 4.69. The van der Waals surface area contributed by atoms with Crippen LogP contribution in [0, 0.1) is 0 Å². The van der Waals surface area contributed by atoms with Crippen molar-refractivity contribution in [2.24, 2.45) is 0 Å². The number of ether oxygens (including phenoxy) is 1. The monoisotopic (exact) mass is 344 g/mol. The van der Waals surface area contributed by atoms with Crippen LogP contribution in [0.1, 0.15) is 24.5 Å². The summed E-state index contributed by atoms with van der Waals surface area (Å²) in [6.45, 7) is 4.47. The highest BCUT2D eigenvalue weighted by molar-refractivity contribution is 5.46. The summed E-state index contributed by atoms with van der Waals surface area (Å²) < 4.78 is 7.57. The van der Waals surface area contributed by atoms with Crippen molar-refractivity contribution in [1.29, 1.82) is 0 Å². The molecule has 0 aromatic carbocycles. The maximum Gasteiger partial charge on any atom is 0.227 e. The number of rotatable bonds is 7. The van der Waals surface area contributed by atoms with Gasteiger partial charge < -0.3 is 24.6 Å². The summed E-state index contributed by atoms with van der Waals surface area (Å²) in [6, 6.07) is 2.04. The third kappa shape index (κ3) is 3.91. The van der Waals surface area contributed by atoms with Gasteiger partial charge in [0, 0.05) is 57.2 Å². The molecule has 4 heterocycles. The van der Waals surface area contributed by atoms with Crippen molar-refractivity contribution in [3.63, 3.8) is 0 Å². The lowest BCUT2D eigenvalue weighted by molar-refractivity contribution is 0.140. The molecule has 0 aliphatic carbocycles. The first kappa shape index (κ1) is 16.3. The van der Waals surface area contributed by atoms with Crippen molar-refractivity contribution in [2.45, 2.75) is 31.4 Å². The molecule has 2 aliphatic rings. The number of imidazole rings is 1. The van der Waals surface area contributed by atoms with E-state index >= 15 is 0 Å². The predicted molar refractivity (Wildman–Crippen MR) is 93.8 cm³/mol. The maximum absolute atomic E-state index is 9.55. The molecule has 2 N–H and O–H groups in total. The molecule has 2 aromatic heterocycles. The molecule has 2 aliphatic heterocycles. The Balaban J connectivity index is 1.41. The van der Waals surface area contributed by atoms with Crippen LogP contribution in [0.25, 0.3) is 0 Å². The number of nitrogens with one attached hydrogen (secondary N) is 1. The van der Waals surface area contributed by atoms with Gasteiger partial charge in [0.05, 0.1) is 24.7 Å². The van der Waals surface area contributed by atoms with Gasteiger partial charge in [-0.25, -0.2) is 9.97 Å². The number of hydrogen-bond donors (Lipinski definition) is 2. The smallest absolute Gasteiger partial charge is 0.227 e. The van der Waals surface area contributed by atoms with E-state index in [9.17, 15) is 5.11 Å². The first-order valence-corrected chi connectivity index (χ1v) is 8.87. The first-order chi connectivity index (χ1) is 12.3. The number of anilines is 2. The summed E-state index contributed by atoms with van der Waals surface area (Å²) in [5.41, 5.74) is 1.03. The molecule has 8 heteroatoms. The van der Waals surface area contributed by atoms with Crippen LogP contribution in [0.3, 0.4) is 0 Å². The molecule has 134 valence electrons. The first-order valence-electron chi connectivity index (χ1n) is 8.87. The van der Waals surface area contributed by atoms with Crippen LogP contribution >= 0.6 is 0 Å². The molecule has 2 fully saturated rings. The molecule has 0 unspecified atom stereocenters. The van der Waals surface area contributed by atoms with Gasteiger partial charge in [-0.1, -0.05) is 0 Å². The van der Waals surface area contributed by atoms with Crippen molar-refractivity contribution in [3.8, 4) is 0 Å². The summed E-state index contributed by atoms with van der Waals surface area (Å²) in [6.07, 6.45) is 7.31. The summed E-state index contributed by atoms with van der Waals surface area (Å²) in [5, 5.41) is 13.0. The number of aromatic nitrogens is 4. The fourth-order valence-electron chi connectivity index (χ4n) is 3.18. The van der Waals surface area contributed by atoms with Crippen LogP contribution in [-0.2, 0) is 11.3 Å². The SMILES string of the molecule is OC1CN(c2nc(NCCCn3ccnc3)cc([C@H]3CCOC3)n2)C1. The second kappa shape index (κ2) is 7.37. The molecule has 8 nitrogen and oxygen atoms in total. The van der Waals surface area contributed by atoms with Gasteiger partial charge in [0.2, 0.25) is 5.95 Å². The minimum Gasteiger partial charge on any atom is -0.389 e.